The van der Waals surface area contributed by atoms with Gasteiger partial charge in [-0.3, -0.25) is 9.78 Å². The fourth-order valence-corrected chi connectivity index (χ4v) is 5.77. The summed E-state index contributed by atoms with van der Waals surface area (Å²) < 4.78 is 12.6. The number of carbonyl (C=O) groups excluding carboxylic acids is 1. The first-order valence-electron chi connectivity index (χ1n) is 13.1. The topological polar surface area (TPSA) is 80.7 Å². The third kappa shape index (κ3) is 5.17. The Kier molecular flexibility index (Phi) is 7.86. The second-order valence-electron chi connectivity index (χ2n) is 9.84. The maximum atomic E-state index is 12.1. The number of amides is 1. The van der Waals surface area contributed by atoms with Crippen molar-refractivity contribution in [2.24, 2.45) is 0 Å². The number of ether oxygens (including phenoxy) is 2. The smallest absolute Gasteiger partial charge is 0.250 e. The van der Waals surface area contributed by atoms with E-state index in [1.165, 1.54) is 7.11 Å². The lowest BCUT2D eigenvalue weighted by Gasteiger charge is -2.29. The Labute approximate surface area is 239 Å². The number of rotatable bonds is 8. The maximum Gasteiger partial charge on any atom is 0.250 e. The highest BCUT2D eigenvalue weighted by molar-refractivity contribution is 7.80. The Morgan fingerprint density at radius 1 is 1.02 bits per heavy atom. The number of benzene rings is 2. The summed E-state index contributed by atoms with van der Waals surface area (Å²) in [4.78, 5) is 19.0. The Bertz CT molecular complexity index is 1530. The standard InChI is InChI=1S/C31H33N5O3S/c1-19-16-23(11-14-26(19)33-28(37)18-38-4)36-30(29(34-31(36)40)27-8-6-7-15-32-27)25-17-20(2)35(21(25)3)22-9-12-24(39-5)13-10-22/h6-17,29-30H,18H2,1-5H3,(H,33,37)(H,34,40)/t29-,30-/m1/s1. The number of nitrogens with zero attached hydrogens (tertiary/aromatic N) is 3. The van der Waals surface area contributed by atoms with E-state index in [0.29, 0.717) is 5.11 Å². The van der Waals surface area contributed by atoms with Gasteiger partial charge >= 0.3 is 0 Å². The van der Waals surface area contributed by atoms with E-state index >= 15 is 0 Å². The number of pyridine rings is 1. The largest absolute Gasteiger partial charge is 0.497 e. The van der Waals surface area contributed by atoms with Crippen LogP contribution >= 0.6 is 12.2 Å². The van der Waals surface area contributed by atoms with Crippen LogP contribution in [0.2, 0.25) is 0 Å². The quantitative estimate of drug-likeness (QED) is 0.275. The number of nitrogens with one attached hydrogen (secondary N) is 2. The Hall–Kier alpha value is -4.21. The van der Waals surface area contributed by atoms with Gasteiger partial charge in [-0.2, -0.15) is 0 Å². The number of hydrogen-bond acceptors (Lipinski definition) is 5. The van der Waals surface area contributed by atoms with E-state index in [1.54, 1.807) is 7.11 Å². The lowest BCUT2D eigenvalue weighted by molar-refractivity contribution is -0.119. The lowest BCUT2D eigenvalue weighted by atomic mass is 9.96. The minimum absolute atomic E-state index is 0.00103. The van der Waals surface area contributed by atoms with E-state index in [9.17, 15) is 4.79 Å². The molecule has 1 fully saturated rings. The van der Waals surface area contributed by atoms with E-state index in [4.69, 9.17) is 21.7 Å². The number of hydrogen-bond donors (Lipinski definition) is 2. The van der Waals surface area contributed by atoms with Gasteiger partial charge in [0.05, 0.1) is 24.9 Å². The van der Waals surface area contributed by atoms with Crippen LogP contribution in [0.15, 0.2) is 72.9 Å². The summed E-state index contributed by atoms with van der Waals surface area (Å²) in [6.45, 7) is 6.22. The number of aryl methyl sites for hydroxylation is 2. The fourth-order valence-electron chi connectivity index (χ4n) is 5.42. The summed E-state index contributed by atoms with van der Waals surface area (Å²) in [7, 11) is 3.17. The summed E-state index contributed by atoms with van der Waals surface area (Å²) in [5.74, 6) is 0.617. The van der Waals surface area contributed by atoms with Crippen LogP contribution in [-0.4, -0.2) is 41.4 Å². The molecule has 2 aromatic heterocycles. The number of carbonyl (C=O) groups is 1. The van der Waals surface area contributed by atoms with Crippen molar-refractivity contribution in [1.29, 1.82) is 0 Å². The monoisotopic (exact) mass is 555 g/mol. The highest BCUT2D eigenvalue weighted by Gasteiger charge is 2.42. The molecule has 9 heteroatoms. The van der Waals surface area contributed by atoms with Crippen molar-refractivity contribution in [2.45, 2.75) is 32.9 Å². The second-order valence-corrected chi connectivity index (χ2v) is 10.2. The van der Waals surface area contributed by atoms with Gasteiger partial charge in [-0.25, -0.2) is 0 Å². The molecule has 2 aromatic carbocycles. The number of methoxy groups -OCH3 is 2. The molecule has 0 spiro atoms. The lowest BCUT2D eigenvalue weighted by Crippen LogP contribution is -2.29. The fraction of sp³-hybridized carbons (Fsp3) is 0.258. The molecule has 1 aliphatic heterocycles. The Balaban J connectivity index is 1.59. The van der Waals surface area contributed by atoms with Crippen LogP contribution in [0.5, 0.6) is 5.75 Å². The van der Waals surface area contributed by atoms with E-state index < -0.39 is 0 Å². The van der Waals surface area contributed by atoms with Crippen LogP contribution in [0, 0.1) is 20.8 Å². The van der Waals surface area contributed by atoms with Crippen molar-refractivity contribution >= 4 is 34.6 Å². The predicted molar refractivity (Wildman–Crippen MR) is 161 cm³/mol. The van der Waals surface area contributed by atoms with Crippen LogP contribution in [-0.2, 0) is 9.53 Å². The van der Waals surface area contributed by atoms with Gasteiger partial charge in [0.2, 0.25) is 5.91 Å². The molecule has 206 valence electrons. The van der Waals surface area contributed by atoms with Crippen molar-refractivity contribution in [3.05, 3.63) is 101 Å². The van der Waals surface area contributed by atoms with E-state index in [2.05, 4.69) is 57.1 Å². The molecule has 0 bridgehead atoms. The molecule has 1 saturated heterocycles. The summed E-state index contributed by atoms with van der Waals surface area (Å²) in [6, 6.07) is 21.9. The van der Waals surface area contributed by atoms with Gasteiger partial charge in [-0.1, -0.05) is 6.07 Å². The minimum atomic E-state index is -0.198. The molecular weight excluding hydrogens is 522 g/mol. The molecule has 1 aliphatic rings. The highest BCUT2D eigenvalue weighted by atomic mass is 32.1. The Morgan fingerprint density at radius 2 is 1.77 bits per heavy atom. The molecule has 8 nitrogen and oxygen atoms in total. The SMILES string of the molecule is COCC(=O)Nc1ccc(N2C(=S)N[C@H](c3ccccn3)[C@H]2c2cc(C)n(-c3ccc(OC)cc3)c2C)cc1C. The van der Waals surface area contributed by atoms with Crippen LogP contribution in [0.25, 0.3) is 5.69 Å². The zero-order valence-corrected chi connectivity index (χ0v) is 24.1. The third-order valence-corrected chi connectivity index (χ3v) is 7.57. The van der Waals surface area contributed by atoms with E-state index in [-0.39, 0.29) is 24.6 Å². The molecule has 0 aliphatic carbocycles. The minimum Gasteiger partial charge on any atom is -0.497 e. The molecule has 2 N–H and O–H groups in total. The number of aromatic nitrogens is 2. The first-order valence-corrected chi connectivity index (χ1v) is 13.5. The average Bonchev–Trinajstić information content (AvgIpc) is 3.45. The van der Waals surface area contributed by atoms with Gasteiger partial charge in [0, 0.05) is 41.8 Å². The van der Waals surface area contributed by atoms with Crippen LogP contribution in [0.4, 0.5) is 11.4 Å². The van der Waals surface area contributed by atoms with Crippen LogP contribution in [0.1, 0.15) is 40.3 Å². The van der Waals surface area contributed by atoms with Crippen molar-refractivity contribution in [3.8, 4) is 11.4 Å². The van der Waals surface area contributed by atoms with Gasteiger partial charge in [-0.15, -0.1) is 0 Å². The van der Waals surface area contributed by atoms with Crippen molar-refractivity contribution in [3.63, 3.8) is 0 Å². The number of thiocarbonyl (C=S) groups is 1. The summed E-state index contributed by atoms with van der Waals surface area (Å²) in [5, 5.41) is 7.07. The van der Waals surface area contributed by atoms with E-state index in [0.717, 1.165) is 51.0 Å². The van der Waals surface area contributed by atoms with Gasteiger partial charge in [-0.05, 0) is 105 Å². The molecule has 0 radical (unpaired) electrons. The Morgan fingerprint density at radius 3 is 2.42 bits per heavy atom. The summed E-state index contributed by atoms with van der Waals surface area (Å²) in [5.41, 5.74) is 7.93. The van der Waals surface area contributed by atoms with E-state index in [1.807, 2.05) is 61.7 Å². The molecule has 0 saturated carbocycles. The van der Waals surface area contributed by atoms with Gasteiger partial charge < -0.3 is 29.6 Å². The molecule has 5 rings (SSSR count). The maximum absolute atomic E-state index is 12.1. The zero-order valence-electron chi connectivity index (χ0n) is 23.3. The van der Waals surface area contributed by atoms with Gasteiger partial charge in [0.25, 0.3) is 0 Å². The van der Waals surface area contributed by atoms with Crippen molar-refractivity contribution in [1.82, 2.24) is 14.9 Å². The van der Waals surface area contributed by atoms with Crippen LogP contribution < -0.4 is 20.3 Å². The molecule has 0 unspecified atom stereocenters. The molecule has 4 aromatic rings. The van der Waals surface area contributed by atoms with Gasteiger partial charge in [0.1, 0.15) is 12.4 Å². The van der Waals surface area contributed by atoms with Crippen LogP contribution in [0.3, 0.4) is 0 Å². The highest BCUT2D eigenvalue weighted by Crippen LogP contribution is 2.44. The number of anilines is 2. The average molecular weight is 556 g/mol. The molecule has 1 amide bonds. The normalized spacial score (nSPS) is 16.6. The predicted octanol–water partition coefficient (Wildman–Crippen LogP) is 5.57. The van der Waals surface area contributed by atoms with Gasteiger partial charge in [0.15, 0.2) is 5.11 Å². The third-order valence-electron chi connectivity index (χ3n) is 7.26. The van der Waals surface area contributed by atoms with Crippen molar-refractivity contribution in [2.75, 3.05) is 31.0 Å². The molecule has 2 atom stereocenters. The zero-order chi connectivity index (χ0) is 28.4. The molecular formula is C31H33N5O3S. The first-order chi connectivity index (χ1) is 19.3. The molecule has 40 heavy (non-hydrogen) atoms. The summed E-state index contributed by atoms with van der Waals surface area (Å²) >= 11 is 5.94. The summed E-state index contributed by atoms with van der Waals surface area (Å²) in [6.07, 6.45) is 1.81. The first kappa shape index (κ1) is 27.4. The molecule has 3 heterocycles. The van der Waals surface area contributed by atoms with Crippen molar-refractivity contribution < 1.29 is 14.3 Å². The second kappa shape index (κ2) is 11.5.